The fourth-order valence-corrected chi connectivity index (χ4v) is 3.32. The van der Waals surface area contributed by atoms with E-state index in [1.807, 2.05) is 0 Å². The van der Waals surface area contributed by atoms with E-state index in [2.05, 4.69) is 34.7 Å². The van der Waals surface area contributed by atoms with Gasteiger partial charge in [0.2, 0.25) is 5.91 Å². The van der Waals surface area contributed by atoms with E-state index in [-0.39, 0.29) is 5.91 Å². The minimum Gasteiger partial charge on any atom is -0.384 e. The number of carbonyl (C=O) groups excluding carboxylic acids is 1. The van der Waals surface area contributed by atoms with Crippen LogP contribution in [0, 0.1) is 5.41 Å². The fraction of sp³-hybridized carbons (Fsp3) is 0.786. The summed E-state index contributed by atoms with van der Waals surface area (Å²) in [5, 5.41) is 16.4. The highest BCUT2D eigenvalue weighted by molar-refractivity contribution is 7.11. The molecule has 0 unspecified atom stereocenters. The number of amides is 1. The van der Waals surface area contributed by atoms with Crippen LogP contribution >= 0.6 is 11.3 Å². The molecule has 7 heteroatoms. The second kappa shape index (κ2) is 7.29. The molecule has 118 valence electrons. The third-order valence-corrected chi connectivity index (χ3v) is 5.06. The van der Waals surface area contributed by atoms with E-state index < -0.39 is 5.41 Å². The van der Waals surface area contributed by atoms with Gasteiger partial charge >= 0.3 is 0 Å². The maximum absolute atomic E-state index is 12.6. The molecule has 1 fully saturated rings. The highest BCUT2D eigenvalue weighted by Gasteiger charge is 2.39. The molecule has 21 heavy (non-hydrogen) atoms. The van der Waals surface area contributed by atoms with Crippen LogP contribution in [-0.4, -0.2) is 42.9 Å². The molecule has 0 aliphatic carbocycles. The summed E-state index contributed by atoms with van der Waals surface area (Å²) in [5.41, 5.74) is -0.411. The van der Waals surface area contributed by atoms with Crippen molar-refractivity contribution in [1.29, 1.82) is 0 Å². The summed E-state index contributed by atoms with van der Waals surface area (Å²) in [6.45, 7) is 6.80. The lowest BCUT2D eigenvalue weighted by Crippen LogP contribution is -2.49. The third-order valence-electron chi connectivity index (χ3n) is 3.84. The van der Waals surface area contributed by atoms with Gasteiger partial charge in [-0.1, -0.05) is 25.2 Å². The summed E-state index contributed by atoms with van der Waals surface area (Å²) >= 11 is 1.56. The molecule has 0 atom stereocenters. The minimum atomic E-state index is -0.411. The predicted octanol–water partition coefficient (Wildman–Crippen LogP) is 1.29. The Morgan fingerprint density at radius 3 is 2.71 bits per heavy atom. The summed E-state index contributed by atoms with van der Waals surface area (Å²) in [6.07, 6.45) is 1.61. The second-order valence-corrected chi connectivity index (χ2v) is 6.93. The van der Waals surface area contributed by atoms with Crippen molar-refractivity contribution < 1.29 is 9.53 Å². The first-order valence-electron chi connectivity index (χ1n) is 7.37. The Hall–Kier alpha value is -1.05. The Morgan fingerprint density at radius 1 is 1.43 bits per heavy atom. The third kappa shape index (κ3) is 3.99. The highest BCUT2D eigenvalue weighted by atomic mass is 32.1. The Balaban J connectivity index is 1.95. The number of hydrogen-bond acceptors (Lipinski definition) is 6. The van der Waals surface area contributed by atoms with Gasteiger partial charge in [0.05, 0.1) is 18.6 Å². The van der Waals surface area contributed by atoms with Crippen LogP contribution in [0.2, 0.25) is 0 Å². The topological polar surface area (TPSA) is 76.1 Å². The average molecular weight is 312 g/mol. The van der Waals surface area contributed by atoms with Crippen LogP contribution in [0.1, 0.15) is 42.6 Å². The minimum absolute atomic E-state index is 0.0622. The van der Waals surface area contributed by atoms with Gasteiger partial charge in [0.25, 0.3) is 0 Å². The van der Waals surface area contributed by atoms with E-state index in [4.69, 9.17) is 4.74 Å². The molecule has 2 N–H and O–H groups in total. The zero-order chi connectivity index (χ0) is 15.3. The molecule has 1 amide bonds. The van der Waals surface area contributed by atoms with E-state index in [1.165, 1.54) is 0 Å². The smallest absolute Gasteiger partial charge is 0.229 e. The van der Waals surface area contributed by atoms with Crippen LogP contribution in [-0.2, 0) is 16.1 Å². The molecule has 0 aromatic carbocycles. The van der Waals surface area contributed by atoms with E-state index in [1.54, 1.807) is 18.4 Å². The summed E-state index contributed by atoms with van der Waals surface area (Å²) in [6, 6.07) is 0. The van der Waals surface area contributed by atoms with Gasteiger partial charge in [-0.05, 0) is 25.9 Å². The monoisotopic (exact) mass is 312 g/mol. The van der Waals surface area contributed by atoms with Crippen molar-refractivity contribution in [2.75, 3.05) is 26.8 Å². The molecule has 2 heterocycles. The van der Waals surface area contributed by atoms with Crippen LogP contribution in [0.15, 0.2) is 0 Å². The highest BCUT2D eigenvalue weighted by Crippen LogP contribution is 2.29. The molecule has 1 aliphatic heterocycles. The number of nitrogens with zero attached hydrogens (tertiary/aromatic N) is 2. The number of rotatable bonds is 6. The maximum atomic E-state index is 12.6. The summed E-state index contributed by atoms with van der Waals surface area (Å²) in [5.74, 6) is 0.434. The van der Waals surface area contributed by atoms with Gasteiger partial charge in [-0.15, -0.1) is 10.2 Å². The van der Waals surface area contributed by atoms with Gasteiger partial charge in [0.15, 0.2) is 0 Å². The summed E-state index contributed by atoms with van der Waals surface area (Å²) in [7, 11) is 1.65. The van der Waals surface area contributed by atoms with Crippen molar-refractivity contribution in [2.24, 2.45) is 5.41 Å². The lowest BCUT2D eigenvalue weighted by Gasteiger charge is -2.35. The Morgan fingerprint density at radius 2 is 2.14 bits per heavy atom. The Labute approximate surface area is 129 Å². The van der Waals surface area contributed by atoms with Crippen molar-refractivity contribution in [1.82, 2.24) is 20.8 Å². The van der Waals surface area contributed by atoms with Crippen LogP contribution in [0.25, 0.3) is 0 Å². The number of nitrogens with one attached hydrogen (secondary N) is 2. The maximum Gasteiger partial charge on any atom is 0.229 e. The molecule has 1 aliphatic rings. The number of methoxy groups -OCH3 is 1. The lowest BCUT2D eigenvalue weighted by molar-refractivity contribution is -0.136. The van der Waals surface area contributed by atoms with Crippen molar-refractivity contribution in [3.8, 4) is 0 Å². The SMILES string of the molecule is COCC1(C(=O)NCc2nnc(C(C)C)s2)CCNCC1. The molecule has 0 spiro atoms. The standard InChI is InChI=1S/C14H24N4O2S/c1-10(2)12-18-17-11(21-12)8-16-13(19)14(9-20-3)4-6-15-7-5-14/h10,15H,4-9H2,1-3H3,(H,16,19). The lowest BCUT2D eigenvalue weighted by atomic mass is 9.78. The first-order valence-corrected chi connectivity index (χ1v) is 8.19. The second-order valence-electron chi connectivity index (χ2n) is 5.83. The van der Waals surface area contributed by atoms with Gasteiger partial charge in [-0.3, -0.25) is 4.79 Å². The predicted molar refractivity (Wildman–Crippen MR) is 82.3 cm³/mol. The number of aromatic nitrogens is 2. The number of hydrogen-bond donors (Lipinski definition) is 2. The van der Waals surface area contributed by atoms with Crippen LogP contribution in [0.4, 0.5) is 0 Å². The van der Waals surface area contributed by atoms with Crippen LogP contribution in [0.5, 0.6) is 0 Å². The molecule has 1 aromatic rings. The molecular weight excluding hydrogens is 288 g/mol. The molecular formula is C14H24N4O2S. The molecule has 2 rings (SSSR count). The van der Waals surface area contributed by atoms with Crippen molar-refractivity contribution in [3.05, 3.63) is 10.0 Å². The number of carbonyl (C=O) groups is 1. The van der Waals surface area contributed by atoms with Gasteiger partial charge in [0, 0.05) is 13.0 Å². The first kappa shape index (κ1) is 16.3. The fourth-order valence-electron chi connectivity index (χ4n) is 2.53. The summed E-state index contributed by atoms with van der Waals surface area (Å²) < 4.78 is 5.28. The zero-order valence-electron chi connectivity index (χ0n) is 12.9. The Bertz CT molecular complexity index is 464. The number of ether oxygens (including phenoxy) is 1. The Kier molecular flexibility index (Phi) is 5.66. The largest absolute Gasteiger partial charge is 0.384 e. The molecule has 1 aromatic heterocycles. The van der Waals surface area contributed by atoms with Gasteiger partial charge in [0.1, 0.15) is 10.0 Å². The van der Waals surface area contributed by atoms with E-state index in [0.29, 0.717) is 19.1 Å². The van der Waals surface area contributed by atoms with Gasteiger partial charge in [-0.2, -0.15) is 0 Å². The molecule has 6 nitrogen and oxygen atoms in total. The van der Waals surface area contributed by atoms with Crippen molar-refractivity contribution in [2.45, 2.75) is 39.2 Å². The molecule has 0 saturated carbocycles. The molecule has 0 radical (unpaired) electrons. The van der Waals surface area contributed by atoms with Crippen molar-refractivity contribution >= 4 is 17.2 Å². The summed E-state index contributed by atoms with van der Waals surface area (Å²) in [4.78, 5) is 12.6. The number of piperidine rings is 1. The van der Waals surface area contributed by atoms with E-state index in [0.717, 1.165) is 35.9 Å². The van der Waals surface area contributed by atoms with Crippen LogP contribution < -0.4 is 10.6 Å². The van der Waals surface area contributed by atoms with E-state index in [9.17, 15) is 4.79 Å². The van der Waals surface area contributed by atoms with Crippen molar-refractivity contribution in [3.63, 3.8) is 0 Å². The normalized spacial score (nSPS) is 17.9. The quantitative estimate of drug-likeness (QED) is 0.828. The van der Waals surface area contributed by atoms with Crippen LogP contribution in [0.3, 0.4) is 0 Å². The van der Waals surface area contributed by atoms with Gasteiger partial charge < -0.3 is 15.4 Å². The molecule has 0 bridgehead atoms. The van der Waals surface area contributed by atoms with E-state index >= 15 is 0 Å². The average Bonchev–Trinajstić information content (AvgIpc) is 2.95. The first-order chi connectivity index (χ1) is 10.1. The zero-order valence-corrected chi connectivity index (χ0v) is 13.8. The molecule has 1 saturated heterocycles. The van der Waals surface area contributed by atoms with Gasteiger partial charge in [-0.25, -0.2) is 0 Å².